The van der Waals surface area contributed by atoms with Gasteiger partial charge in [-0.3, -0.25) is 4.79 Å². The number of rotatable bonds is 7. The Bertz CT molecular complexity index is 176. The highest BCUT2D eigenvalue weighted by Crippen LogP contribution is 2.23. The summed E-state index contributed by atoms with van der Waals surface area (Å²) < 4.78 is 0. The van der Waals surface area contributed by atoms with Crippen molar-refractivity contribution in [2.75, 3.05) is 13.1 Å². The van der Waals surface area contributed by atoms with Crippen LogP contribution in [0.3, 0.4) is 0 Å². The first-order valence-corrected chi connectivity index (χ1v) is 6.29. The van der Waals surface area contributed by atoms with Crippen molar-refractivity contribution >= 4 is 5.91 Å². The van der Waals surface area contributed by atoms with Gasteiger partial charge in [-0.2, -0.15) is 0 Å². The maximum atomic E-state index is 11.4. The van der Waals surface area contributed by atoms with Gasteiger partial charge in [-0.15, -0.1) is 0 Å². The van der Waals surface area contributed by atoms with Crippen LogP contribution in [-0.2, 0) is 4.79 Å². The van der Waals surface area contributed by atoms with E-state index in [2.05, 4.69) is 5.32 Å². The average Bonchev–Trinajstić information content (AvgIpc) is 2.74. The fourth-order valence-corrected chi connectivity index (χ4v) is 2.17. The zero-order valence-corrected chi connectivity index (χ0v) is 9.63. The lowest BCUT2D eigenvalue weighted by Gasteiger charge is -2.10. The predicted octanol–water partition coefficient (Wildman–Crippen LogP) is 1.81. The maximum absolute atomic E-state index is 11.4. The van der Waals surface area contributed by atoms with Gasteiger partial charge in [0.1, 0.15) is 0 Å². The maximum Gasteiger partial charge on any atom is 0.220 e. The van der Waals surface area contributed by atoms with Crippen LogP contribution in [0.2, 0.25) is 0 Å². The van der Waals surface area contributed by atoms with E-state index in [0.29, 0.717) is 6.42 Å². The molecular weight excluding hydrogens is 188 g/mol. The van der Waals surface area contributed by atoms with Gasteiger partial charge < -0.3 is 11.1 Å². The monoisotopic (exact) mass is 212 g/mol. The van der Waals surface area contributed by atoms with E-state index >= 15 is 0 Å². The molecule has 1 amide bonds. The topological polar surface area (TPSA) is 55.1 Å². The Morgan fingerprint density at radius 1 is 1.20 bits per heavy atom. The van der Waals surface area contributed by atoms with E-state index in [4.69, 9.17) is 5.73 Å². The van der Waals surface area contributed by atoms with Gasteiger partial charge in [-0.05, 0) is 38.1 Å². The molecule has 0 unspecified atom stereocenters. The fourth-order valence-electron chi connectivity index (χ4n) is 2.17. The lowest BCUT2D eigenvalue weighted by Crippen LogP contribution is -2.28. The largest absolute Gasteiger partial charge is 0.356 e. The summed E-state index contributed by atoms with van der Waals surface area (Å²) in [6, 6.07) is 0. The molecule has 3 N–H and O–H groups in total. The van der Waals surface area contributed by atoms with Gasteiger partial charge in [0.2, 0.25) is 5.91 Å². The van der Waals surface area contributed by atoms with Crippen molar-refractivity contribution in [3.05, 3.63) is 0 Å². The van der Waals surface area contributed by atoms with Crippen LogP contribution in [0, 0.1) is 5.92 Å². The summed E-state index contributed by atoms with van der Waals surface area (Å²) in [4.78, 5) is 11.4. The highest BCUT2D eigenvalue weighted by atomic mass is 16.1. The lowest BCUT2D eigenvalue weighted by atomic mass is 10.1. The summed E-state index contributed by atoms with van der Waals surface area (Å²) in [7, 11) is 0. The Balaban J connectivity index is 1.93. The van der Waals surface area contributed by atoms with Crippen LogP contribution in [0.15, 0.2) is 0 Å². The number of hydrogen-bond acceptors (Lipinski definition) is 2. The zero-order chi connectivity index (χ0) is 10.9. The van der Waals surface area contributed by atoms with Gasteiger partial charge in [0.05, 0.1) is 0 Å². The molecule has 1 saturated carbocycles. The molecule has 0 spiro atoms. The summed E-state index contributed by atoms with van der Waals surface area (Å²) in [6.07, 6.45) is 9.05. The molecule has 15 heavy (non-hydrogen) atoms. The SMILES string of the molecule is NCCCCCC(=O)NCC1CCCC1. The third kappa shape index (κ3) is 5.78. The van der Waals surface area contributed by atoms with Crippen molar-refractivity contribution in [1.82, 2.24) is 5.32 Å². The molecule has 0 aliphatic heterocycles. The van der Waals surface area contributed by atoms with E-state index < -0.39 is 0 Å². The number of carbonyl (C=O) groups excluding carboxylic acids is 1. The summed E-state index contributed by atoms with van der Waals surface area (Å²) in [5, 5.41) is 3.03. The first kappa shape index (κ1) is 12.5. The van der Waals surface area contributed by atoms with Crippen LogP contribution in [0.4, 0.5) is 0 Å². The van der Waals surface area contributed by atoms with Gasteiger partial charge in [0, 0.05) is 13.0 Å². The van der Waals surface area contributed by atoms with E-state index in [1.54, 1.807) is 0 Å². The third-order valence-corrected chi connectivity index (χ3v) is 3.17. The minimum absolute atomic E-state index is 0.221. The van der Waals surface area contributed by atoms with Crippen LogP contribution >= 0.6 is 0 Å². The fraction of sp³-hybridized carbons (Fsp3) is 0.917. The first-order valence-electron chi connectivity index (χ1n) is 6.29. The Hall–Kier alpha value is -0.570. The predicted molar refractivity (Wildman–Crippen MR) is 62.5 cm³/mol. The van der Waals surface area contributed by atoms with Crippen LogP contribution in [-0.4, -0.2) is 19.0 Å². The van der Waals surface area contributed by atoms with Crippen molar-refractivity contribution in [1.29, 1.82) is 0 Å². The van der Waals surface area contributed by atoms with Crippen LogP contribution in [0.25, 0.3) is 0 Å². The number of hydrogen-bond donors (Lipinski definition) is 2. The van der Waals surface area contributed by atoms with Crippen molar-refractivity contribution < 1.29 is 4.79 Å². The Kier molecular flexibility index (Phi) is 6.41. The van der Waals surface area contributed by atoms with E-state index in [1.807, 2.05) is 0 Å². The van der Waals surface area contributed by atoms with Crippen LogP contribution in [0.5, 0.6) is 0 Å². The summed E-state index contributed by atoms with van der Waals surface area (Å²) in [5.41, 5.74) is 5.39. The van der Waals surface area contributed by atoms with E-state index in [0.717, 1.165) is 38.3 Å². The van der Waals surface area contributed by atoms with Crippen molar-refractivity contribution in [2.24, 2.45) is 11.7 Å². The molecule has 1 aliphatic carbocycles. The summed E-state index contributed by atoms with van der Waals surface area (Å²) in [5.74, 6) is 0.969. The lowest BCUT2D eigenvalue weighted by molar-refractivity contribution is -0.121. The van der Waals surface area contributed by atoms with Gasteiger partial charge in [-0.25, -0.2) is 0 Å². The van der Waals surface area contributed by atoms with Crippen molar-refractivity contribution in [3.63, 3.8) is 0 Å². The van der Waals surface area contributed by atoms with E-state index in [9.17, 15) is 4.79 Å². The second kappa shape index (κ2) is 7.69. The summed E-state index contributed by atoms with van der Waals surface area (Å²) >= 11 is 0. The van der Waals surface area contributed by atoms with Gasteiger partial charge in [0.15, 0.2) is 0 Å². The normalized spacial score (nSPS) is 16.9. The third-order valence-electron chi connectivity index (χ3n) is 3.17. The molecule has 0 aromatic heterocycles. The van der Waals surface area contributed by atoms with Gasteiger partial charge in [-0.1, -0.05) is 19.3 Å². The molecule has 0 saturated heterocycles. The highest BCUT2D eigenvalue weighted by Gasteiger charge is 2.15. The second-order valence-corrected chi connectivity index (χ2v) is 4.55. The molecule has 0 aromatic rings. The number of carbonyl (C=O) groups is 1. The molecule has 88 valence electrons. The summed E-state index contributed by atoms with van der Waals surface area (Å²) in [6.45, 7) is 1.64. The van der Waals surface area contributed by atoms with Crippen LogP contribution in [0.1, 0.15) is 51.4 Å². The van der Waals surface area contributed by atoms with Crippen molar-refractivity contribution in [3.8, 4) is 0 Å². The van der Waals surface area contributed by atoms with E-state index in [-0.39, 0.29) is 5.91 Å². The molecule has 0 bridgehead atoms. The zero-order valence-electron chi connectivity index (χ0n) is 9.63. The molecule has 0 aromatic carbocycles. The molecule has 0 heterocycles. The minimum Gasteiger partial charge on any atom is -0.356 e. The number of unbranched alkanes of at least 4 members (excludes halogenated alkanes) is 2. The molecule has 0 atom stereocenters. The van der Waals surface area contributed by atoms with E-state index in [1.165, 1.54) is 25.7 Å². The second-order valence-electron chi connectivity index (χ2n) is 4.55. The Morgan fingerprint density at radius 2 is 1.93 bits per heavy atom. The number of nitrogens with one attached hydrogen (secondary N) is 1. The molecule has 3 nitrogen and oxygen atoms in total. The smallest absolute Gasteiger partial charge is 0.220 e. The quantitative estimate of drug-likeness (QED) is 0.632. The standard InChI is InChI=1S/C12H24N2O/c13-9-5-1-2-8-12(15)14-10-11-6-3-4-7-11/h11H,1-10,13H2,(H,14,15). The molecule has 0 radical (unpaired) electrons. The first-order chi connectivity index (χ1) is 7.33. The number of amides is 1. The molecular formula is C12H24N2O. The molecule has 3 heteroatoms. The van der Waals surface area contributed by atoms with Crippen molar-refractivity contribution in [2.45, 2.75) is 51.4 Å². The Labute approximate surface area is 92.8 Å². The Morgan fingerprint density at radius 3 is 2.60 bits per heavy atom. The molecule has 1 rings (SSSR count). The van der Waals surface area contributed by atoms with Gasteiger partial charge >= 0.3 is 0 Å². The number of nitrogens with two attached hydrogens (primary N) is 1. The van der Waals surface area contributed by atoms with Crippen LogP contribution < -0.4 is 11.1 Å². The molecule has 1 fully saturated rings. The highest BCUT2D eigenvalue weighted by molar-refractivity contribution is 5.75. The minimum atomic E-state index is 0.221. The average molecular weight is 212 g/mol. The van der Waals surface area contributed by atoms with Gasteiger partial charge in [0.25, 0.3) is 0 Å². The molecule has 1 aliphatic rings.